The second-order valence-corrected chi connectivity index (χ2v) is 5.51. The van der Waals surface area contributed by atoms with Crippen LogP contribution in [0.5, 0.6) is 0 Å². The van der Waals surface area contributed by atoms with Crippen LogP contribution in [-0.2, 0) is 0 Å². The Kier molecular flexibility index (Phi) is 2.64. The fraction of sp³-hybridized carbons (Fsp3) is 1.00. The summed E-state index contributed by atoms with van der Waals surface area (Å²) in [5.74, 6) is 0. The van der Waals surface area contributed by atoms with Crippen molar-refractivity contribution in [3.8, 4) is 0 Å². The van der Waals surface area contributed by atoms with Gasteiger partial charge in [0.25, 0.3) is 0 Å². The van der Waals surface area contributed by atoms with Crippen LogP contribution in [0.4, 0.5) is 0 Å². The Morgan fingerprint density at radius 2 is 1.00 bits per heavy atom. The van der Waals surface area contributed by atoms with Crippen molar-refractivity contribution in [2.24, 2.45) is 0 Å². The molecule has 2 aliphatic rings. The highest BCUT2D eigenvalue weighted by atomic mass is 15.4. The maximum atomic E-state index is 2.48. The Bertz CT molecular complexity index is 144. The van der Waals surface area contributed by atoms with Crippen LogP contribution in [0, 0.1) is 0 Å². The predicted octanol–water partition coefficient (Wildman–Crippen LogP) is 2.95. The van der Waals surface area contributed by atoms with E-state index < -0.39 is 0 Å². The molecule has 13 heavy (non-hydrogen) atoms. The lowest BCUT2D eigenvalue weighted by Gasteiger charge is -2.41. The fourth-order valence-corrected chi connectivity index (χ4v) is 3.44. The van der Waals surface area contributed by atoms with Crippen molar-refractivity contribution >= 4 is 0 Å². The van der Waals surface area contributed by atoms with Crippen LogP contribution in [0.15, 0.2) is 0 Å². The molecule has 0 aromatic rings. The lowest BCUT2D eigenvalue weighted by Crippen LogP contribution is -2.53. The second kappa shape index (κ2) is 3.61. The summed E-state index contributed by atoms with van der Waals surface area (Å²) >= 11 is 0. The highest BCUT2D eigenvalue weighted by Crippen LogP contribution is 2.34. The van der Waals surface area contributed by atoms with E-state index in [-0.39, 0.29) is 0 Å². The summed E-state index contributed by atoms with van der Waals surface area (Å²) in [6, 6.07) is 1.98. The highest BCUT2D eigenvalue weighted by molar-refractivity contribution is 4.74. The van der Waals surface area contributed by atoms with Crippen LogP contribution in [0.2, 0.25) is 0 Å². The first-order chi connectivity index (χ1) is 6.21. The molecule has 0 N–H and O–H groups in total. The third-order valence-electron chi connectivity index (χ3n) is 4.53. The minimum atomic E-state index is 0.989. The monoisotopic (exact) mass is 182 g/mol. The van der Waals surface area contributed by atoms with Crippen molar-refractivity contribution < 1.29 is 4.48 Å². The van der Waals surface area contributed by atoms with Crippen LogP contribution in [0.3, 0.4) is 0 Å². The minimum absolute atomic E-state index is 0.989. The van der Waals surface area contributed by atoms with Gasteiger partial charge < -0.3 is 4.48 Å². The summed E-state index contributed by atoms with van der Waals surface area (Å²) in [5, 5.41) is 0. The molecule has 2 rings (SSSR count). The molecule has 0 saturated heterocycles. The maximum Gasteiger partial charge on any atom is 0.0888 e. The standard InChI is InChI=1S/C12H24N/c1-13(2,11-7-3-4-8-11)12-9-5-6-10-12/h11-12H,3-10H2,1-2H3/q+1. The largest absolute Gasteiger partial charge is 0.324 e. The van der Waals surface area contributed by atoms with Gasteiger partial charge in [0, 0.05) is 0 Å². The van der Waals surface area contributed by atoms with Crippen molar-refractivity contribution in [1.82, 2.24) is 0 Å². The third kappa shape index (κ3) is 1.76. The van der Waals surface area contributed by atoms with Gasteiger partial charge in [-0.15, -0.1) is 0 Å². The molecule has 1 nitrogen and oxygen atoms in total. The van der Waals surface area contributed by atoms with Crippen LogP contribution in [0.25, 0.3) is 0 Å². The highest BCUT2D eigenvalue weighted by Gasteiger charge is 2.38. The summed E-state index contributed by atoms with van der Waals surface area (Å²) in [7, 11) is 4.96. The molecule has 0 spiro atoms. The Labute approximate surface area is 82.7 Å². The molecule has 0 atom stereocenters. The molecule has 0 heterocycles. The average Bonchev–Trinajstić information content (AvgIpc) is 2.78. The van der Waals surface area contributed by atoms with Crippen LogP contribution < -0.4 is 0 Å². The average molecular weight is 182 g/mol. The lowest BCUT2D eigenvalue weighted by atomic mass is 10.1. The Morgan fingerprint density at radius 3 is 1.31 bits per heavy atom. The zero-order chi connectivity index (χ0) is 9.31. The molecule has 2 saturated carbocycles. The molecule has 0 aromatic heterocycles. The van der Waals surface area contributed by atoms with E-state index in [1.807, 2.05) is 0 Å². The summed E-state index contributed by atoms with van der Waals surface area (Å²) < 4.78 is 1.33. The molecule has 0 bridgehead atoms. The van der Waals surface area contributed by atoms with Crippen molar-refractivity contribution in [3.63, 3.8) is 0 Å². The van der Waals surface area contributed by atoms with Gasteiger partial charge in [0.2, 0.25) is 0 Å². The molecule has 76 valence electrons. The minimum Gasteiger partial charge on any atom is -0.324 e. The molecular formula is C12H24N+. The van der Waals surface area contributed by atoms with Gasteiger partial charge in [-0.3, -0.25) is 0 Å². The number of hydrogen-bond donors (Lipinski definition) is 0. The molecular weight excluding hydrogens is 158 g/mol. The molecule has 0 amide bonds. The first-order valence-corrected chi connectivity index (χ1v) is 6.04. The molecule has 0 unspecified atom stereocenters. The van der Waals surface area contributed by atoms with E-state index in [0.717, 1.165) is 12.1 Å². The van der Waals surface area contributed by atoms with Crippen LogP contribution in [-0.4, -0.2) is 30.7 Å². The second-order valence-electron chi connectivity index (χ2n) is 5.51. The lowest BCUT2D eigenvalue weighted by molar-refractivity contribution is -0.937. The van der Waals surface area contributed by atoms with E-state index in [2.05, 4.69) is 14.1 Å². The zero-order valence-electron chi connectivity index (χ0n) is 9.26. The van der Waals surface area contributed by atoms with E-state index in [4.69, 9.17) is 0 Å². The van der Waals surface area contributed by atoms with E-state index in [0.29, 0.717) is 0 Å². The van der Waals surface area contributed by atoms with E-state index >= 15 is 0 Å². The van der Waals surface area contributed by atoms with Crippen molar-refractivity contribution in [2.75, 3.05) is 14.1 Å². The quantitative estimate of drug-likeness (QED) is 0.576. The molecule has 2 aliphatic carbocycles. The number of quaternary nitrogens is 1. The van der Waals surface area contributed by atoms with Gasteiger partial charge in [-0.2, -0.15) is 0 Å². The van der Waals surface area contributed by atoms with Crippen molar-refractivity contribution in [2.45, 2.75) is 63.5 Å². The van der Waals surface area contributed by atoms with Gasteiger partial charge in [0.15, 0.2) is 0 Å². The Morgan fingerprint density at radius 1 is 0.692 bits per heavy atom. The van der Waals surface area contributed by atoms with Gasteiger partial charge in [-0.1, -0.05) is 0 Å². The van der Waals surface area contributed by atoms with Crippen LogP contribution >= 0.6 is 0 Å². The Balaban J connectivity index is 1.99. The number of rotatable bonds is 2. The molecule has 0 aromatic carbocycles. The first-order valence-electron chi connectivity index (χ1n) is 6.04. The summed E-state index contributed by atoms with van der Waals surface area (Å²) in [5.41, 5.74) is 0. The normalized spacial score (nSPS) is 27.2. The zero-order valence-corrected chi connectivity index (χ0v) is 9.26. The first kappa shape index (κ1) is 9.51. The predicted molar refractivity (Wildman–Crippen MR) is 56.6 cm³/mol. The summed E-state index contributed by atoms with van der Waals surface area (Å²) in [6.07, 6.45) is 11.9. The van der Waals surface area contributed by atoms with Gasteiger partial charge in [-0.05, 0) is 51.4 Å². The Hall–Kier alpha value is -0.0400. The third-order valence-corrected chi connectivity index (χ3v) is 4.53. The van der Waals surface area contributed by atoms with Gasteiger partial charge in [0.1, 0.15) is 0 Å². The SMILES string of the molecule is C[N+](C)(C1CCCC1)C1CCCC1. The molecule has 0 radical (unpaired) electrons. The summed E-state index contributed by atoms with van der Waals surface area (Å²) in [4.78, 5) is 0. The van der Waals surface area contributed by atoms with Gasteiger partial charge >= 0.3 is 0 Å². The summed E-state index contributed by atoms with van der Waals surface area (Å²) in [6.45, 7) is 0. The van der Waals surface area contributed by atoms with E-state index in [1.54, 1.807) is 0 Å². The number of hydrogen-bond acceptors (Lipinski definition) is 0. The number of nitrogens with zero attached hydrogens (tertiary/aromatic N) is 1. The topological polar surface area (TPSA) is 0 Å². The fourth-order valence-electron chi connectivity index (χ4n) is 3.44. The van der Waals surface area contributed by atoms with Crippen LogP contribution in [0.1, 0.15) is 51.4 Å². The van der Waals surface area contributed by atoms with Crippen molar-refractivity contribution in [1.29, 1.82) is 0 Å². The van der Waals surface area contributed by atoms with Crippen molar-refractivity contribution in [3.05, 3.63) is 0 Å². The van der Waals surface area contributed by atoms with Gasteiger partial charge in [-0.25, -0.2) is 0 Å². The smallest absolute Gasteiger partial charge is 0.0888 e. The van der Waals surface area contributed by atoms with E-state index in [9.17, 15) is 0 Å². The van der Waals surface area contributed by atoms with Gasteiger partial charge in [0.05, 0.1) is 26.2 Å². The molecule has 2 fully saturated rings. The molecule has 0 aliphatic heterocycles. The van der Waals surface area contributed by atoms with E-state index in [1.165, 1.54) is 55.8 Å². The molecule has 1 heteroatoms. The maximum absolute atomic E-state index is 2.48.